The molecule has 4 aromatic rings. The lowest BCUT2D eigenvalue weighted by atomic mass is 9.92. The van der Waals surface area contributed by atoms with E-state index in [9.17, 15) is 13.6 Å². The van der Waals surface area contributed by atoms with E-state index < -0.39 is 11.3 Å². The first kappa shape index (κ1) is 22.1. The van der Waals surface area contributed by atoms with E-state index in [1.807, 2.05) is 24.3 Å². The van der Waals surface area contributed by atoms with Gasteiger partial charge in [-0.3, -0.25) is 14.1 Å². The molecule has 32 heavy (non-hydrogen) atoms. The number of nitrogens with zero attached hydrogens (tertiary/aromatic N) is 3. The Labute approximate surface area is 191 Å². The Balaban J connectivity index is 1.70. The van der Waals surface area contributed by atoms with Crippen LogP contribution in [0.5, 0.6) is 0 Å². The first-order chi connectivity index (χ1) is 15.2. The molecule has 11 heteroatoms. The van der Waals surface area contributed by atoms with E-state index in [-0.39, 0.29) is 5.41 Å². The number of carbonyl (C=O) groups is 1. The number of rotatable bonds is 7. The lowest BCUT2D eigenvalue weighted by molar-refractivity contribution is -0.105. The average Bonchev–Trinajstić information content (AvgIpc) is 3.29. The molecule has 0 fully saturated rings. The van der Waals surface area contributed by atoms with Crippen molar-refractivity contribution in [3.63, 3.8) is 0 Å². The number of hydrogen-bond acceptors (Lipinski definition) is 6. The van der Waals surface area contributed by atoms with Crippen molar-refractivity contribution in [2.75, 3.05) is 10.0 Å². The summed E-state index contributed by atoms with van der Waals surface area (Å²) in [5, 5.41) is 10.6. The zero-order valence-corrected chi connectivity index (χ0v) is 19.2. The van der Waals surface area contributed by atoms with Crippen LogP contribution in [0.15, 0.2) is 58.3 Å². The van der Waals surface area contributed by atoms with Crippen LogP contribution in [0.4, 0.5) is 11.4 Å². The largest absolute Gasteiger partial charge is 0.755 e. The van der Waals surface area contributed by atoms with Gasteiger partial charge in [0.15, 0.2) is 11.5 Å². The summed E-state index contributed by atoms with van der Waals surface area (Å²) in [6.45, 7) is 6.35. The molecular formula is C21H21N6O3S2-. The molecule has 9 nitrogen and oxygen atoms in total. The topological polar surface area (TPSA) is 127 Å². The van der Waals surface area contributed by atoms with Gasteiger partial charge in [0.1, 0.15) is 0 Å². The van der Waals surface area contributed by atoms with Crippen molar-refractivity contribution in [3.05, 3.63) is 54.2 Å². The number of anilines is 2. The molecule has 4 rings (SSSR count). The molecule has 0 bridgehead atoms. The first-order valence-corrected chi connectivity index (χ1v) is 11.6. The Hall–Kier alpha value is -3.15. The molecule has 0 saturated carbocycles. The van der Waals surface area contributed by atoms with E-state index in [1.165, 1.54) is 0 Å². The van der Waals surface area contributed by atoms with Crippen LogP contribution in [0.2, 0.25) is 0 Å². The average molecular weight is 470 g/mol. The zero-order valence-electron chi connectivity index (χ0n) is 17.6. The fourth-order valence-corrected chi connectivity index (χ4v) is 4.64. The maximum atomic E-state index is 10.8. The second-order valence-electron chi connectivity index (χ2n) is 8.04. The monoisotopic (exact) mass is 469 g/mol. The molecule has 1 unspecified atom stereocenters. The van der Waals surface area contributed by atoms with Crippen molar-refractivity contribution in [1.82, 2.24) is 19.8 Å². The van der Waals surface area contributed by atoms with Gasteiger partial charge in [0.2, 0.25) is 6.41 Å². The number of aromatic amines is 1. The summed E-state index contributed by atoms with van der Waals surface area (Å²) in [5.74, 6) is 0.527. The predicted octanol–water partition coefficient (Wildman–Crippen LogP) is 3.95. The van der Waals surface area contributed by atoms with Gasteiger partial charge in [0, 0.05) is 38.5 Å². The Morgan fingerprint density at radius 3 is 2.34 bits per heavy atom. The van der Waals surface area contributed by atoms with Crippen LogP contribution in [0.25, 0.3) is 17.0 Å². The van der Waals surface area contributed by atoms with Gasteiger partial charge in [-0.25, -0.2) is 4.98 Å². The lowest BCUT2D eigenvalue weighted by Crippen LogP contribution is -2.13. The molecule has 1 amide bonds. The number of carbonyl (C=O) groups excluding carboxylic acids is 1. The molecule has 0 radical (unpaired) electrons. The fraction of sp³-hybridized carbons (Fsp3) is 0.190. The summed E-state index contributed by atoms with van der Waals surface area (Å²) < 4.78 is 25.6. The molecule has 1 atom stereocenters. The number of fused-ring (bicyclic) bond motifs is 1. The molecule has 0 aliphatic heterocycles. The van der Waals surface area contributed by atoms with Crippen molar-refractivity contribution in [2.24, 2.45) is 0 Å². The maximum absolute atomic E-state index is 10.8. The van der Waals surface area contributed by atoms with Crippen molar-refractivity contribution in [3.8, 4) is 11.4 Å². The third-order valence-corrected chi connectivity index (χ3v) is 6.15. The maximum Gasteiger partial charge on any atom is 0.211 e. The molecule has 2 aromatic carbocycles. The molecular weight excluding hydrogens is 448 g/mol. The summed E-state index contributed by atoms with van der Waals surface area (Å²) in [7, 11) is 0. The lowest BCUT2D eigenvalue weighted by Gasteiger charge is -2.18. The van der Waals surface area contributed by atoms with Crippen LogP contribution in [0, 0.1) is 0 Å². The van der Waals surface area contributed by atoms with Gasteiger partial charge in [-0.05, 0) is 48.5 Å². The normalized spacial score (nSPS) is 12.6. The van der Waals surface area contributed by atoms with E-state index >= 15 is 0 Å². The number of nitrogens with one attached hydrogen (secondary N) is 3. The van der Waals surface area contributed by atoms with Crippen LogP contribution < -0.4 is 10.0 Å². The molecule has 2 aromatic heterocycles. The fourth-order valence-electron chi connectivity index (χ4n) is 3.12. The second kappa shape index (κ2) is 8.77. The number of H-pyrrole nitrogens is 1. The summed E-state index contributed by atoms with van der Waals surface area (Å²) >= 11 is -0.802. The quantitative estimate of drug-likeness (QED) is 0.278. The Bertz CT molecular complexity index is 1270. The summed E-state index contributed by atoms with van der Waals surface area (Å²) in [6.07, 6.45) is 0.649. The first-order valence-electron chi connectivity index (χ1n) is 9.68. The van der Waals surface area contributed by atoms with Crippen molar-refractivity contribution in [1.29, 1.82) is 0 Å². The van der Waals surface area contributed by atoms with Gasteiger partial charge < -0.3 is 14.6 Å². The number of hydrogen-bond donors (Lipinski definition) is 3. The van der Waals surface area contributed by atoms with Gasteiger partial charge in [-0.1, -0.05) is 32.5 Å². The van der Waals surface area contributed by atoms with Crippen molar-refractivity contribution >= 4 is 46.5 Å². The van der Waals surface area contributed by atoms with Crippen LogP contribution in [-0.4, -0.2) is 35.0 Å². The van der Waals surface area contributed by atoms with E-state index in [2.05, 4.69) is 41.0 Å². The molecule has 0 saturated heterocycles. The molecule has 0 aliphatic rings. The molecule has 3 N–H and O–H groups in total. The van der Waals surface area contributed by atoms with Gasteiger partial charge in [-0.15, -0.1) is 5.10 Å². The van der Waals surface area contributed by atoms with Gasteiger partial charge in [0.05, 0.1) is 10.6 Å². The minimum atomic E-state index is -2.37. The van der Waals surface area contributed by atoms with Gasteiger partial charge >= 0.3 is 0 Å². The highest BCUT2D eigenvalue weighted by Crippen LogP contribution is 2.39. The Morgan fingerprint density at radius 2 is 1.75 bits per heavy atom. The van der Waals surface area contributed by atoms with E-state index in [0.717, 1.165) is 26.7 Å². The second-order valence-corrected chi connectivity index (χ2v) is 9.80. The zero-order chi connectivity index (χ0) is 22.9. The number of amides is 1. The summed E-state index contributed by atoms with van der Waals surface area (Å²) in [4.78, 5) is 17.3. The van der Waals surface area contributed by atoms with Crippen LogP contribution in [0.1, 0.15) is 26.5 Å². The standard InChI is InChI=1S/C21H22N6O3S2/c1-21(2,3)18-17(31-16-10-8-14(9-11-16)22-12-28)20-23-19(25-27(20)24-18)13-4-6-15(7-5-13)26-32(29)30/h4-12,24,26H,1-3H3,(H,22,28)(H,29,30)/p-1. The van der Waals surface area contributed by atoms with Crippen LogP contribution >= 0.6 is 11.8 Å². The van der Waals surface area contributed by atoms with Crippen molar-refractivity contribution in [2.45, 2.75) is 36.0 Å². The third-order valence-electron chi connectivity index (χ3n) is 4.65. The Morgan fingerprint density at radius 1 is 1.09 bits per heavy atom. The van der Waals surface area contributed by atoms with E-state index in [0.29, 0.717) is 23.6 Å². The van der Waals surface area contributed by atoms with Crippen LogP contribution in [0.3, 0.4) is 0 Å². The molecule has 2 heterocycles. The van der Waals surface area contributed by atoms with Crippen molar-refractivity contribution < 1.29 is 13.6 Å². The highest BCUT2D eigenvalue weighted by Gasteiger charge is 2.26. The third kappa shape index (κ3) is 4.69. The minimum Gasteiger partial charge on any atom is -0.755 e. The molecule has 166 valence electrons. The predicted molar refractivity (Wildman–Crippen MR) is 124 cm³/mol. The molecule has 0 aliphatic carbocycles. The van der Waals surface area contributed by atoms with E-state index in [1.54, 1.807) is 40.7 Å². The SMILES string of the molecule is CC(C)(C)c1[nH]n2nc(-c3ccc(NS(=O)[O-])cc3)nc2c1Sc1ccc(NC=O)cc1. The number of aromatic nitrogens is 4. The Kier molecular flexibility index (Phi) is 6.04. The number of benzene rings is 2. The summed E-state index contributed by atoms with van der Waals surface area (Å²) in [5.41, 5.74) is 3.51. The van der Waals surface area contributed by atoms with E-state index in [4.69, 9.17) is 4.98 Å². The minimum absolute atomic E-state index is 0.162. The van der Waals surface area contributed by atoms with Crippen LogP contribution in [-0.2, 0) is 21.5 Å². The van der Waals surface area contributed by atoms with Gasteiger partial charge in [-0.2, -0.15) is 4.63 Å². The highest BCUT2D eigenvalue weighted by molar-refractivity contribution is 7.99. The summed E-state index contributed by atoms with van der Waals surface area (Å²) in [6, 6.07) is 14.4. The smallest absolute Gasteiger partial charge is 0.211 e. The highest BCUT2D eigenvalue weighted by atomic mass is 32.2. The van der Waals surface area contributed by atoms with Gasteiger partial charge in [0.25, 0.3) is 0 Å². The molecule has 0 spiro atoms.